The number of rotatable bonds is 4. The highest BCUT2D eigenvalue weighted by Gasteiger charge is 2.68. The van der Waals surface area contributed by atoms with Crippen molar-refractivity contribution in [3.63, 3.8) is 0 Å². The van der Waals surface area contributed by atoms with E-state index in [1.807, 2.05) is 0 Å². The van der Waals surface area contributed by atoms with Gasteiger partial charge in [-0.15, -0.1) is 0 Å². The lowest BCUT2D eigenvalue weighted by molar-refractivity contribution is -0.311. The van der Waals surface area contributed by atoms with Crippen molar-refractivity contribution in [1.82, 2.24) is 0 Å². The Balaban J connectivity index is 1.19. The molecule has 0 aromatic heterocycles. The first kappa shape index (κ1) is 27.1. The lowest BCUT2D eigenvalue weighted by Crippen LogP contribution is -2.64. The van der Waals surface area contributed by atoms with Crippen molar-refractivity contribution in [3.8, 4) is 0 Å². The number of ether oxygens (including phenoxy) is 3. The molecular formula is C29H44O9. The van der Waals surface area contributed by atoms with Crippen molar-refractivity contribution in [2.24, 2.45) is 34.5 Å². The number of esters is 1. The second-order valence-corrected chi connectivity index (χ2v) is 13.4. The number of cyclic esters (lactones) is 1. The maximum absolute atomic E-state index is 12.4. The third-order valence-electron chi connectivity index (χ3n) is 12.1. The highest BCUT2D eigenvalue weighted by atomic mass is 16.7. The number of aliphatic hydroxyl groups is 5. The minimum Gasteiger partial charge on any atom is -0.458 e. The fourth-order valence-corrected chi connectivity index (χ4v) is 9.91. The van der Waals surface area contributed by atoms with Gasteiger partial charge in [-0.25, -0.2) is 4.79 Å². The van der Waals surface area contributed by atoms with Crippen molar-refractivity contribution in [3.05, 3.63) is 11.6 Å². The zero-order valence-electron chi connectivity index (χ0n) is 22.5. The Kier molecular flexibility index (Phi) is 6.78. The summed E-state index contributed by atoms with van der Waals surface area (Å²) in [6, 6.07) is 0. The van der Waals surface area contributed by atoms with E-state index in [0.29, 0.717) is 19.4 Å². The van der Waals surface area contributed by atoms with Crippen LogP contribution in [0.25, 0.3) is 0 Å². The molecule has 0 amide bonds. The van der Waals surface area contributed by atoms with Crippen molar-refractivity contribution in [2.75, 3.05) is 13.2 Å². The maximum atomic E-state index is 12.4. The number of hydrogen-bond donors (Lipinski definition) is 5. The lowest BCUT2D eigenvalue weighted by atomic mass is 9.43. The molecule has 0 radical (unpaired) electrons. The molecule has 4 saturated carbocycles. The third-order valence-corrected chi connectivity index (χ3v) is 12.1. The Labute approximate surface area is 224 Å². The van der Waals surface area contributed by atoms with Gasteiger partial charge in [-0.1, -0.05) is 6.92 Å². The van der Waals surface area contributed by atoms with Crippen LogP contribution < -0.4 is 0 Å². The fourth-order valence-electron chi connectivity index (χ4n) is 9.91. The molecule has 6 unspecified atom stereocenters. The number of aliphatic hydroxyl groups excluding tert-OH is 4. The normalized spacial score (nSPS) is 54.5. The Hall–Kier alpha value is -1.07. The van der Waals surface area contributed by atoms with Crippen LogP contribution in [-0.2, 0) is 19.0 Å². The first-order chi connectivity index (χ1) is 18.0. The average Bonchev–Trinajstić information content (AvgIpc) is 3.45. The van der Waals surface area contributed by atoms with E-state index in [0.717, 1.165) is 50.5 Å². The largest absolute Gasteiger partial charge is 0.458 e. The summed E-state index contributed by atoms with van der Waals surface area (Å²) in [6.07, 6.45) is 3.35. The van der Waals surface area contributed by atoms with Crippen LogP contribution in [0.2, 0.25) is 0 Å². The first-order valence-corrected chi connectivity index (χ1v) is 14.6. The highest BCUT2D eigenvalue weighted by molar-refractivity contribution is 5.85. The van der Waals surface area contributed by atoms with E-state index in [9.17, 15) is 30.3 Å². The standard InChI is InChI=1S/C29H44O9/c1-15-23(32)24(33)25(34)26(37-15)38-18-5-9-28(14-30)17(12-18)3-4-21-20(28)6-8-27(2)19(7-10-29(21,27)35)16-11-22(31)36-13-16/h11,15,17-21,23-26,30,32-35H,3-10,12-14H2,1-2H3/t15?,17?,18-,19+,20-,21+,23?,24?,25?,26?,27+,28+,29-/m0/s1. The van der Waals surface area contributed by atoms with Crippen molar-refractivity contribution >= 4 is 5.97 Å². The van der Waals surface area contributed by atoms with Gasteiger partial charge in [0.15, 0.2) is 6.29 Å². The molecule has 5 fully saturated rings. The van der Waals surface area contributed by atoms with Gasteiger partial charge in [-0.3, -0.25) is 0 Å². The van der Waals surface area contributed by atoms with Gasteiger partial charge in [0.2, 0.25) is 0 Å². The van der Waals surface area contributed by atoms with Gasteiger partial charge < -0.3 is 39.7 Å². The van der Waals surface area contributed by atoms with Crippen LogP contribution in [0, 0.1) is 34.5 Å². The quantitative estimate of drug-likeness (QED) is 0.266. The molecule has 6 aliphatic rings. The number of carbonyl (C=O) groups is 1. The zero-order chi connectivity index (χ0) is 27.0. The number of fused-ring (bicyclic) bond motifs is 5. The second-order valence-electron chi connectivity index (χ2n) is 13.4. The van der Waals surface area contributed by atoms with Gasteiger partial charge in [-0.2, -0.15) is 0 Å². The van der Waals surface area contributed by atoms with E-state index < -0.39 is 36.3 Å². The Morgan fingerprint density at radius 1 is 1.00 bits per heavy atom. The van der Waals surface area contributed by atoms with Gasteiger partial charge in [-0.05, 0) is 99.4 Å². The molecule has 0 bridgehead atoms. The summed E-state index contributed by atoms with van der Waals surface area (Å²) < 4.78 is 17.1. The average molecular weight is 537 g/mol. The summed E-state index contributed by atoms with van der Waals surface area (Å²) in [5.74, 6) is 0.414. The van der Waals surface area contributed by atoms with E-state index in [1.165, 1.54) is 0 Å². The van der Waals surface area contributed by atoms with Crippen LogP contribution in [0.15, 0.2) is 11.6 Å². The van der Waals surface area contributed by atoms with Gasteiger partial charge in [0.05, 0.1) is 17.8 Å². The topological polar surface area (TPSA) is 146 Å². The molecule has 0 aromatic carbocycles. The van der Waals surface area contributed by atoms with Crippen molar-refractivity contribution in [1.29, 1.82) is 0 Å². The summed E-state index contributed by atoms with van der Waals surface area (Å²) in [5, 5.41) is 53.9. The van der Waals surface area contributed by atoms with Crippen LogP contribution in [-0.4, -0.2) is 87.1 Å². The lowest BCUT2D eigenvalue weighted by Gasteiger charge is -2.64. The molecule has 38 heavy (non-hydrogen) atoms. The Morgan fingerprint density at radius 3 is 2.50 bits per heavy atom. The molecular weight excluding hydrogens is 492 g/mol. The molecule has 2 aliphatic heterocycles. The molecule has 1 saturated heterocycles. The summed E-state index contributed by atoms with van der Waals surface area (Å²) in [6.45, 7) is 4.27. The van der Waals surface area contributed by atoms with Crippen LogP contribution in [0.3, 0.4) is 0 Å². The molecule has 9 heteroatoms. The van der Waals surface area contributed by atoms with Crippen molar-refractivity contribution < 1.29 is 44.5 Å². The zero-order valence-corrected chi connectivity index (χ0v) is 22.5. The molecule has 13 atom stereocenters. The summed E-state index contributed by atoms with van der Waals surface area (Å²) in [7, 11) is 0. The monoisotopic (exact) mass is 536 g/mol. The van der Waals surface area contributed by atoms with Gasteiger partial charge in [0.25, 0.3) is 0 Å². The van der Waals surface area contributed by atoms with Crippen LogP contribution in [0.4, 0.5) is 0 Å². The smallest absolute Gasteiger partial charge is 0.331 e. The molecule has 0 spiro atoms. The minimum atomic E-state index is -1.32. The maximum Gasteiger partial charge on any atom is 0.331 e. The molecule has 2 heterocycles. The predicted octanol–water partition coefficient (Wildman–Crippen LogP) is 1.43. The Morgan fingerprint density at radius 2 is 1.79 bits per heavy atom. The summed E-state index contributed by atoms with van der Waals surface area (Å²) >= 11 is 0. The van der Waals surface area contributed by atoms with Crippen LogP contribution in [0.5, 0.6) is 0 Å². The second kappa shape index (κ2) is 9.50. The van der Waals surface area contributed by atoms with Crippen molar-refractivity contribution in [2.45, 2.75) is 114 Å². The molecule has 0 aromatic rings. The minimum absolute atomic E-state index is 0.0831. The third kappa shape index (κ3) is 3.80. The number of carbonyl (C=O) groups excluding carboxylic acids is 1. The number of hydrogen-bond acceptors (Lipinski definition) is 9. The van der Waals surface area contributed by atoms with E-state index in [1.54, 1.807) is 13.0 Å². The molecule has 4 aliphatic carbocycles. The highest BCUT2D eigenvalue weighted by Crippen LogP contribution is 2.70. The molecule has 214 valence electrons. The van der Waals surface area contributed by atoms with E-state index >= 15 is 0 Å². The van der Waals surface area contributed by atoms with Gasteiger partial charge in [0, 0.05) is 18.1 Å². The first-order valence-electron chi connectivity index (χ1n) is 14.6. The van der Waals surface area contributed by atoms with E-state index in [-0.39, 0.29) is 53.2 Å². The van der Waals surface area contributed by atoms with E-state index in [4.69, 9.17) is 14.2 Å². The summed E-state index contributed by atoms with van der Waals surface area (Å²) in [5.41, 5.74) is -0.401. The SMILES string of the molecule is CC1OC(O[C@H]2CC[C@@]3(CO)C(CC[C@@H]4[C@@H]3CC[C@]3(C)[C@@H](C5=CC(=O)OC5)CC[C@]43O)C2)C(O)C(O)C1O. The molecule has 9 nitrogen and oxygen atoms in total. The van der Waals surface area contributed by atoms with E-state index in [2.05, 4.69) is 6.92 Å². The summed E-state index contributed by atoms with van der Waals surface area (Å²) in [4.78, 5) is 11.8. The van der Waals surface area contributed by atoms with Crippen LogP contribution >= 0.6 is 0 Å². The van der Waals surface area contributed by atoms with Gasteiger partial charge >= 0.3 is 5.97 Å². The van der Waals surface area contributed by atoms with Gasteiger partial charge in [0.1, 0.15) is 24.9 Å². The molecule has 6 rings (SSSR count). The van der Waals surface area contributed by atoms with Crippen LogP contribution in [0.1, 0.15) is 71.6 Å². The fraction of sp³-hybridized carbons (Fsp3) is 0.897. The predicted molar refractivity (Wildman–Crippen MR) is 134 cm³/mol. The Bertz CT molecular complexity index is 970. The molecule has 5 N–H and O–H groups in total.